The molecule has 20 heavy (non-hydrogen) atoms. The number of carbonyl (C=O) groups is 1. The molecule has 0 radical (unpaired) electrons. The van der Waals surface area contributed by atoms with Gasteiger partial charge >= 0.3 is 0 Å². The number of aliphatic hydroxyl groups is 1. The van der Waals surface area contributed by atoms with Crippen LogP contribution in [-0.2, 0) is 4.79 Å². The number of rotatable bonds is 5. The van der Waals surface area contributed by atoms with Crippen LogP contribution >= 0.6 is 0 Å². The maximum atomic E-state index is 11.9. The zero-order valence-electron chi connectivity index (χ0n) is 12.1. The molecule has 3 N–H and O–H groups in total. The Bertz CT molecular complexity index is 488. The van der Waals surface area contributed by atoms with Gasteiger partial charge in [0, 0.05) is 11.5 Å². The SMILES string of the molecule is COc1ccccc1NC(=O)CNC1CC(O)C1(C)C. The van der Waals surface area contributed by atoms with Crippen LogP contribution in [0.1, 0.15) is 20.3 Å². The number of aliphatic hydroxyl groups excluding tert-OH is 1. The summed E-state index contributed by atoms with van der Waals surface area (Å²) in [5, 5.41) is 15.7. The van der Waals surface area contributed by atoms with Crippen molar-refractivity contribution in [2.45, 2.75) is 32.4 Å². The average Bonchev–Trinajstić information content (AvgIpc) is 2.43. The van der Waals surface area contributed by atoms with Crippen LogP contribution in [0.5, 0.6) is 5.75 Å². The molecule has 110 valence electrons. The van der Waals surface area contributed by atoms with Gasteiger partial charge in [-0.2, -0.15) is 0 Å². The van der Waals surface area contributed by atoms with Gasteiger partial charge in [-0.05, 0) is 18.6 Å². The Morgan fingerprint density at radius 1 is 1.45 bits per heavy atom. The predicted molar refractivity (Wildman–Crippen MR) is 77.8 cm³/mol. The fourth-order valence-corrected chi connectivity index (χ4v) is 2.41. The summed E-state index contributed by atoms with van der Waals surface area (Å²) in [5.41, 5.74) is 0.486. The zero-order chi connectivity index (χ0) is 14.8. The molecule has 0 bridgehead atoms. The fourth-order valence-electron chi connectivity index (χ4n) is 2.41. The van der Waals surface area contributed by atoms with E-state index in [1.54, 1.807) is 19.2 Å². The number of nitrogens with one attached hydrogen (secondary N) is 2. The first kappa shape index (κ1) is 14.8. The third kappa shape index (κ3) is 2.94. The molecular weight excluding hydrogens is 256 g/mol. The van der Waals surface area contributed by atoms with Crippen molar-refractivity contribution in [3.63, 3.8) is 0 Å². The lowest BCUT2D eigenvalue weighted by Crippen LogP contribution is -2.60. The molecule has 5 nitrogen and oxygen atoms in total. The summed E-state index contributed by atoms with van der Waals surface area (Å²) < 4.78 is 5.18. The molecule has 1 aromatic rings. The van der Waals surface area contributed by atoms with Crippen LogP contribution in [0.3, 0.4) is 0 Å². The molecule has 0 saturated heterocycles. The molecule has 0 spiro atoms. The van der Waals surface area contributed by atoms with Crippen LogP contribution in [0.2, 0.25) is 0 Å². The van der Waals surface area contributed by atoms with Gasteiger partial charge in [-0.25, -0.2) is 0 Å². The molecule has 0 heterocycles. The van der Waals surface area contributed by atoms with Gasteiger partial charge in [-0.1, -0.05) is 26.0 Å². The van der Waals surface area contributed by atoms with Crippen LogP contribution in [0.4, 0.5) is 5.69 Å². The molecular formula is C15H22N2O3. The van der Waals surface area contributed by atoms with Crippen LogP contribution in [0.25, 0.3) is 0 Å². The molecule has 5 heteroatoms. The number of benzene rings is 1. The lowest BCUT2D eigenvalue weighted by molar-refractivity contribution is -0.117. The summed E-state index contributed by atoms with van der Waals surface area (Å²) in [6.07, 6.45) is 0.395. The first-order valence-electron chi connectivity index (χ1n) is 6.79. The molecule has 0 aliphatic heterocycles. The van der Waals surface area contributed by atoms with Gasteiger partial charge in [0.1, 0.15) is 5.75 Å². The number of methoxy groups -OCH3 is 1. The minimum Gasteiger partial charge on any atom is -0.495 e. The normalized spacial score (nSPS) is 23.8. The Labute approximate surface area is 119 Å². The number of anilines is 1. The van der Waals surface area contributed by atoms with Gasteiger partial charge in [0.05, 0.1) is 25.4 Å². The van der Waals surface area contributed by atoms with Crippen molar-refractivity contribution in [3.05, 3.63) is 24.3 Å². The van der Waals surface area contributed by atoms with E-state index in [0.29, 0.717) is 17.9 Å². The second-order valence-electron chi connectivity index (χ2n) is 5.75. The quantitative estimate of drug-likeness (QED) is 0.761. The maximum Gasteiger partial charge on any atom is 0.238 e. The van der Waals surface area contributed by atoms with E-state index in [1.165, 1.54) is 0 Å². The molecule has 1 aliphatic carbocycles. The summed E-state index contributed by atoms with van der Waals surface area (Å²) in [5.74, 6) is 0.520. The van der Waals surface area contributed by atoms with Crippen molar-refractivity contribution in [3.8, 4) is 5.75 Å². The van der Waals surface area contributed by atoms with E-state index in [9.17, 15) is 9.90 Å². The van der Waals surface area contributed by atoms with E-state index in [2.05, 4.69) is 10.6 Å². The summed E-state index contributed by atoms with van der Waals surface area (Å²) in [6.45, 7) is 4.22. The van der Waals surface area contributed by atoms with Crippen molar-refractivity contribution >= 4 is 11.6 Å². The summed E-state index contributed by atoms with van der Waals surface area (Å²) in [6, 6.07) is 7.46. The van der Waals surface area contributed by atoms with Gasteiger partial charge in [-0.3, -0.25) is 4.79 Å². The van der Waals surface area contributed by atoms with Gasteiger partial charge < -0.3 is 20.5 Å². The topological polar surface area (TPSA) is 70.6 Å². The lowest BCUT2D eigenvalue weighted by atomic mass is 9.64. The number of ether oxygens (including phenoxy) is 1. The Hall–Kier alpha value is -1.59. The number of hydrogen-bond acceptors (Lipinski definition) is 4. The molecule has 1 saturated carbocycles. The van der Waals surface area contributed by atoms with Crippen molar-refractivity contribution in [2.24, 2.45) is 5.41 Å². The molecule has 0 aromatic heterocycles. The standard InChI is InChI=1S/C15H22N2O3/c1-15(2)12(8-13(15)18)16-9-14(19)17-10-6-4-5-7-11(10)20-3/h4-7,12-13,16,18H,8-9H2,1-3H3,(H,17,19). The van der Waals surface area contributed by atoms with Crippen molar-refractivity contribution in [1.29, 1.82) is 0 Å². The van der Waals surface area contributed by atoms with Gasteiger partial charge in [0.25, 0.3) is 0 Å². The molecule has 1 fully saturated rings. The van der Waals surface area contributed by atoms with E-state index < -0.39 is 0 Å². The van der Waals surface area contributed by atoms with E-state index in [4.69, 9.17) is 4.74 Å². The predicted octanol–water partition coefficient (Wildman–Crippen LogP) is 1.38. The number of amides is 1. The zero-order valence-corrected chi connectivity index (χ0v) is 12.1. The third-order valence-electron chi connectivity index (χ3n) is 4.11. The highest BCUT2D eigenvalue weighted by molar-refractivity contribution is 5.93. The van der Waals surface area contributed by atoms with Crippen LogP contribution in [0, 0.1) is 5.41 Å². The minimum atomic E-state index is -0.294. The van der Waals surface area contributed by atoms with Crippen LogP contribution in [-0.4, -0.2) is 36.8 Å². The first-order valence-corrected chi connectivity index (χ1v) is 6.79. The number of hydrogen-bond donors (Lipinski definition) is 3. The lowest BCUT2D eigenvalue weighted by Gasteiger charge is -2.49. The fraction of sp³-hybridized carbons (Fsp3) is 0.533. The third-order valence-corrected chi connectivity index (χ3v) is 4.11. The molecule has 2 rings (SSSR count). The van der Waals surface area contributed by atoms with Crippen molar-refractivity contribution in [1.82, 2.24) is 5.32 Å². The average molecular weight is 278 g/mol. The van der Waals surface area contributed by atoms with E-state index in [0.717, 1.165) is 0 Å². The van der Waals surface area contributed by atoms with Gasteiger partial charge in [0.2, 0.25) is 5.91 Å². The van der Waals surface area contributed by atoms with Gasteiger partial charge in [0.15, 0.2) is 0 Å². The minimum absolute atomic E-state index is 0.119. The Morgan fingerprint density at radius 2 is 2.15 bits per heavy atom. The smallest absolute Gasteiger partial charge is 0.238 e. The molecule has 2 atom stereocenters. The van der Waals surface area contributed by atoms with E-state index in [1.807, 2.05) is 26.0 Å². The second kappa shape index (κ2) is 5.81. The van der Waals surface area contributed by atoms with Gasteiger partial charge in [-0.15, -0.1) is 0 Å². The van der Waals surface area contributed by atoms with Crippen molar-refractivity contribution < 1.29 is 14.6 Å². The van der Waals surface area contributed by atoms with Crippen molar-refractivity contribution in [2.75, 3.05) is 19.0 Å². The summed E-state index contributed by atoms with van der Waals surface area (Å²) >= 11 is 0. The Morgan fingerprint density at radius 3 is 2.75 bits per heavy atom. The van der Waals surface area contributed by atoms with Crippen LogP contribution in [0.15, 0.2) is 24.3 Å². The second-order valence-corrected chi connectivity index (χ2v) is 5.75. The highest BCUT2D eigenvalue weighted by atomic mass is 16.5. The van der Waals surface area contributed by atoms with Crippen LogP contribution < -0.4 is 15.4 Å². The molecule has 1 aliphatic rings. The highest BCUT2D eigenvalue weighted by Gasteiger charge is 2.46. The molecule has 2 unspecified atom stereocenters. The maximum absolute atomic E-state index is 11.9. The largest absolute Gasteiger partial charge is 0.495 e. The highest BCUT2D eigenvalue weighted by Crippen LogP contribution is 2.40. The summed E-state index contributed by atoms with van der Waals surface area (Å²) in [4.78, 5) is 11.9. The Balaban J connectivity index is 1.84. The Kier molecular flexibility index (Phi) is 4.30. The van der Waals surface area contributed by atoms with E-state index >= 15 is 0 Å². The van der Waals surface area contributed by atoms with E-state index in [-0.39, 0.29) is 30.0 Å². The molecule has 1 amide bonds. The monoisotopic (exact) mass is 278 g/mol. The molecule has 1 aromatic carbocycles. The number of carbonyl (C=O) groups excluding carboxylic acids is 1. The number of para-hydroxylation sites is 2. The first-order chi connectivity index (χ1) is 9.45. The summed E-state index contributed by atoms with van der Waals surface area (Å²) in [7, 11) is 1.57.